The van der Waals surface area contributed by atoms with Crippen LogP contribution in [0.5, 0.6) is 11.5 Å². The van der Waals surface area contributed by atoms with Gasteiger partial charge in [0.15, 0.2) is 0 Å². The normalized spacial score (nSPS) is 10.5. The van der Waals surface area contributed by atoms with Crippen molar-refractivity contribution in [3.63, 3.8) is 0 Å². The number of hydrogen-bond donors (Lipinski definition) is 1. The summed E-state index contributed by atoms with van der Waals surface area (Å²) in [6, 6.07) is 5.35. The molecule has 0 aliphatic rings. The van der Waals surface area contributed by atoms with E-state index >= 15 is 0 Å². The third-order valence-corrected chi connectivity index (χ3v) is 4.39. The van der Waals surface area contributed by atoms with Crippen molar-refractivity contribution in [2.45, 2.75) is 0 Å². The molecule has 0 unspecified atom stereocenters. The number of nitrogens with one attached hydrogen (secondary N) is 1. The lowest BCUT2D eigenvalue weighted by molar-refractivity contribution is 0.0607. The smallest absolute Gasteiger partial charge is 0.350 e. The number of rotatable bonds is 5. The standard InChI is InChI=1S/C16H15N3O4S/c1-21-10-6-9(7-11(8-10)22-2)19-12-13-15(18-5-4-17-13)24-14(12)16(20)23-3/h4-8,19H,1-3H3. The SMILES string of the molecule is COC(=O)c1sc2nccnc2c1Nc1cc(OC)cc(OC)c1. The molecule has 3 aromatic rings. The van der Waals surface area contributed by atoms with Crippen molar-refractivity contribution in [3.05, 3.63) is 35.5 Å². The third kappa shape index (κ3) is 2.95. The van der Waals surface area contributed by atoms with Crippen LogP contribution in [-0.4, -0.2) is 37.3 Å². The predicted octanol–water partition coefficient (Wildman–Crippen LogP) is 3.24. The van der Waals surface area contributed by atoms with E-state index in [1.165, 1.54) is 18.4 Å². The number of nitrogens with zero attached hydrogens (tertiary/aromatic N) is 2. The van der Waals surface area contributed by atoms with Crippen LogP contribution in [0.4, 0.5) is 11.4 Å². The van der Waals surface area contributed by atoms with Crippen LogP contribution in [0.3, 0.4) is 0 Å². The summed E-state index contributed by atoms with van der Waals surface area (Å²) in [4.78, 5) is 21.7. The number of benzene rings is 1. The van der Waals surface area contributed by atoms with E-state index in [2.05, 4.69) is 15.3 Å². The van der Waals surface area contributed by atoms with E-state index in [4.69, 9.17) is 14.2 Å². The van der Waals surface area contributed by atoms with Crippen LogP contribution in [0.15, 0.2) is 30.6 Å². The van der Waals surface area contributed by atoms with Crippen LogP contribution in [0.1, 0.15) is 9.67 Å². The Bertz CT molecular complexity index is 872. The first-order valence-corrected chi connectivity index (χ1v) is 7.79. The van der Waals surface area contributed by atoms with Gasteiger partial charge >= 0.3 is 5.97 Å². The van der Waals surface area contributed by atoms with E-state index in [0.717, 1.165) is 0 Å². The van der Waals surface area contributed by atoms with Gasteiger partial charge in [0.1, 0.15) is 26.7 Å². The van der Waals surface area contributed by atoms with Gasteiger partial charge in [0.2, 0.25) is 0 Å². The Morgan fingerprint density at radius 3 is 2.33 bits per heavy atom. The van der Waals surface area contributed by atoms with Gasteiger partial charge in [0.05, 0.1) is 27.0 Å². The molecular weight excluding hydrogens is 330 g/mol. The number of esters is 1. The number of aromatic nitrogens is 2. The van der Waals surface area contributed by atoms with Gasteiger partial charge in [-0.25, -0.2) is 14.8 Å². The van der Waals surface area contributed by atoms with Crippen molar-refractivity contribution in [2.75, 3.05) is 26.6 Å². The first kappa shape index (κ1) is 16.0. The number of carbonyl (C=O) groups excluding carboxylic acids is 1. The van der Waals surface area contributed by atoms with Gasteiger partial charge in [0, 0.05) is 36.3 Å². The molecule has 1 aromatic carbocycles. The summed E-state index contributed by atoms with van der Waals surface area (Å²) in [5, 5.41) is 3.21. The van der Waals surface area contributed by atoms with E-state index in [9.17, 15) is 4.79 Å². The second-order valence-corrected chi connectivity index (χ2v) is 5.73. The molecule has 0 amide bonds. The van der Waals surface area contributed by atoms with Crippen molar-refractivity contribution >= 4 is 39.0 Å². The van der Waals surface area contributed by atoms with E-state index in [-0.39, 0.29) is 0 Å². The Morgan fingerprint density at radius 1 is 1.04 bits per heavy atom. The monoisotopic (exact) mass is 345 g/mol. The molecule has 24 heavy (non-hydrogen) atoms. The molecule has 3 rings (SSSR count). The molecule has 0 bridgehead atoms. The van der Waals surface area contributed by atoms with Gasteiger partial charge < -0.3 is 19.5 Å². The topological polar surface area (TPSA) is 82.6 Å². The van der Waals surface area contributed by atoms with Gasteiger partial charge in [0.25, 0.3) is 0 Å². The zero-order valence-corrected chi connectivity index (χ0v) is 14.1. The lowest BCUT2D eigenvalue weighted by Crippen LogP contribution is -2.03. The maximum atomic E-state index is 12.1. The average Bonchev–Trinajstić information content (AvgIpc) is 2.99. The van der Waals surface area contributed by atoms with Crippen LogP contribution in [-0.2, 0) is 4.74 Å². The summed E-state index contributed by atoms with van der Waals surface area (Å²) in [6.07, 6.45) is 3.16. The van der Waals surface area contributed by atoms with Crippen molar-refractivity contribution in [1.29, 1.82) is 0 Å². The number of carbonyl (C=O) groups is 1. The minimum Gasteiger partial charge on any atom is -0.497 e. The van der Waals surface area contributed by atoms with Crippen molar-refractivity contribution in [2.24, 2.45) is 0 Å². The molecule has 2 aromatic heterocycles. The average molecular weight is 345 g/mol. The second-order valence-electron chi connectivity index (χ2n) is 4.73. The van der Waals surface area contributed by atoms with Crippen molar-refractivity contribution in [3.8, 4) is 11.5 Å². The molecule has 0 fully saturated rings. The van der Waals surface area contributed by atoms with Gasteiger partial charge in [-0.05, 0) is 0 Å². The lowest BCUT2D eigenvalue weighted by Gasteiger charge is -2.11. The zero-order valence-electron chi connectivity index (χ0n) is 13.3. The fourth-order valence-electron chi connectivity index (χ4n) is 2.20. The number of thiophene rings is 1. The Balaban J connectivity index is 2.11. The molecule has 7 nitrogen and oxygen atoms in total. The van der Waals surface area contributed by atoms with E-state index < -0.39 is 5.97 Å². The van der Waals surface area contributed by atoms with Crippen LogP contribution in [0, 0.1) is 0 Å². The Kier molecular flexibility index (Phi) is 4.48. The lowest BCUT2D eigenvalue weighted by atomic mass is 10.2. The summed E-state index contributed by atoms with van der Waals surface area (Å²) in [6.45, 7) is 0. The molecule has 0 saturated heterocycles. The summed E-state index contributed by atoms with van der Waals surface area (Å²) >= 11 is 1.22. The molecule has 0 aliphatic heterocycles. The molecule has 2 heterocycles. The van der Waals surface area contributed by atoms with Crippen LogP contribution in [0.2, 0.25) is 0 Å². The van der Waals surface area contributed by atoms with E-state index in [1.54, 1.807) is 44.8 Å². The van der Waals surface area contributed by atoms with E-state index in [0.29, 0.717) is 38.1 Å². The number of fused-ring (bicyclic) bond motifs is 1. The molecule has 0 radical (unpaired) electrons. The number of methoxy groups -OCH3 is 3. The highest BCUT2D eigenvalue weighted by atomic mass is 32.1. The summed E-state index contributed by atoms with van der Waals surface area (Å²) < 4.78 is 15.4. The first-order chi connectivity index (χ1) is 11.7. The predicted molar refractivity (Wildman–Crippen MR) is 91.6 cm³/mol. The largest absolute Gasteiger partial charge is 0.497 e. The maximum absolute atomic E-state index is 12.1. The minimum absolute atomic E-state index is 0.403. The first-order valence-electron chi connectivity index (χ1n) is 6.98. The molecule has 124 valence electrons. The Morgan fingerprint density at radius 2 is 1.71 bits per heavy atom. The summed E-state index contributed by atoms with van der Waals surface area (Å²) in [5.41, 5.74) is 1.84. The molecule has 8 heteroatoms. The van der Waals surface area contributed by atoms with Gasteiger partial charge in [-0.15, -0.1) is 11.3 Å². The third-order valence-electron chi connectivity index (χ3n) is 3.32. The highest BCUT2D eigenvalue weighted by Gasteiger charge is 2.21. The fraction of sp³-hybridized carbons (Fsp3) is 0.188. The second kappa shape index (κ2) is 6.71. The summed E-state index contributed by atoms with van der Waals surface area (Å²) in [5.74, 6) is 0.807. The molecule has 0 atom stereocenters. The van der Waals surface area contributed by atoms with E-state index in [1.807, 2.05) is 0 Å². The Hall–Kier alpha value is -2.87. The quantitative estimate of drug-likeness (QED) is 0.711. The van der Waals surface area contributed by atoms with Gasteiger partial charge in [-0.3, -0.25) is 0 Å². The van der Waals surface area contributed by atoms with Crippen LogP contribution in [0.25, 0.3) is 10.3 Å². The fourth-order valence-corrected chi connectivity index (χ4v) is 3.18. The molecule has 0 spiro atoms. The molecular formula is C16H15N3O4S. The number of anilines is 2. The van der Waals surface area contributed by atoms with Crippen LogP contribution >= 0.6 is 11.3 Å². The molecule has 0 saturated carbocycles. The van der Waals surface area contributed by atoms with Gasteiger partial charge in [-0.1, -0.05) is 0 Å². The van der Waals surface area contributed by atoms with Gasteiger partial charge in [-0.2, -0.15) is 0 Å². The number of ether oxygens (including phenoxy) is 3. The molecule has 0 aliphatic carbocycles. The van der Waals surface area contributed by atoms with Crippen molar-refractivity contribution in [1.82, 2.24) is 9.97 Å². The minimum atomic E-state index is -0.447. The van der Waals surface area contributed by atoms with Crippen LogP contribution < -0.4 is 14.8 Å². The highest BCUT2D eigenvalue weighted by molar-refractivity contribution is 7.21. The highest BCUT2D eigenvalue weighted by Crippen LogP contribution is 2.37. The Labute approximate surface area is 142 Å². The van der Waals surface area contributed by atoms with Crippen molar-refractivity contribution < 1.29 is 19.0 Å². The number of hydrogen-bond acceptors (Lipinski definition) is 8. The molecule has 1 N–H and O–H groups in total. The summed E-state index contributed by atoms with van der Waals surface area (Å²) in [7, 11) is 4.49. The zero-order chi connectivity index (χ0) is 17.1. The maximum Gasteiger partial charge on any atom is 0.350 e.